The average Bonchev–Trinajstić information content (AvgIpc) is 2.47. The number of rotatable bonds is 4. The molecule has 3 heterocycles. The van der Waals surface area contributed by atoms with Crippen molar-refractivity contribution < 1.29 is 9.90 Å². The van der Waals surface area contributed by atoms with Crippen LogP contribution in [0.25, 0.3) is 11.0 Å². The lowest BCUT2D eigenvalue weighted by Crippen LogP contribution is -2.24. The maximum absolute atomic E-state index is 12.4. The second kappa shape index (κ2) is 5.93. The van der Waals surface area contributed by atoms with Gasteiger partial charge < -0.3 is 10.0 Å². The van der Waals surface area contributed by atoms with Crippen molar-refractivity contribution >= 4 is 42.5 Å². The van der Waals surface area contributed by atoms with Crippen LogP contribution in [0.2, 0.25) is 0 Å². The third-order valence-electron chi connectivity index (χ3n) is 3.58. The van der Waals surface area contributed by atoms with Crippen LogP contribution in [0, 0.1) is 0 Å². The summed E-state index contributed by atoms with van der Waals surface area (Å²) in [4.78, 5) is 34.3. The molecule has 0 fully saturated rings. The van der Waals surface area contributed by atoms with Gasteiger partial charge in [0.25, 0.3) is 0 Å². The highest BCUT2D eigenvalue weighted by molar-refractivity contribution is 7.60. The van der Waals surface area contributed by atoms with Crippen LogP contribution in [-0.2, 0) is 0 Å². The molecule has 0 spiro atoms. The van der Waals surface area contributed by atoms with E-state index in [-0.39, 0.29) is 10.9 Å². The fourth-order valence-corrected chi connectivity index (χ4v) is 2.89. The molecule has 1 N–H and O–H groups in total. The number of carboxylic acids is 1. The molecule has 2 aromatic rings. The van der Waals surface area contributed by atoms with Gasteiger partial charge in [-0.2, -0.15) is 0 Å². The fraction of sp³-hybridized carbons (Fsp3) is 0.267. The van der Waals surface area contributed by atoms with Gasteiger partial charge in [-0.1, -0.05) is 6.92 Å². The normalized spacial score (nSPS) is 13.6. The first-order chi connectivity index (χ1) is 11.0. The van der Waals surface area contributed by atoms with Crippen LogP contribution in [0.3, 0.4) is 0 Å². The van der Waals surface area contributed by atoms with Gasteiger partial charge in [0.15, 0.2) is 11.2 Å². The van der Waals surface area contributed by atoms with E-state index in [0.717, 1.165) is 27.0 Å². The lowest BCUT2D eigenvalue weighted by molar-refractivity contribution is 0.0695. The number of pyridine rings is 2. The molecule has 7 nitrogen and oxygen atoms in total. The number of aliphatic imine (C=N–C) groups is 1. The van der Waals surface area contributed by atoms with E-state index in [1.807, 2.05) is 11.9 Å². The molecule has 0 atom stereocenters. The van der Waals surface area contributed by atoms with Crippen molar-refractivity contribution in [1.29, 1.82) is 0 Å². The lowest BCUT2D eigenvalue weighted by atomic mass is 10.2. The first-order valence-electron chi connectivity index (χ1n) is 7.14. The van der Waals surface area contributed by atoms with E-state index >= 15 is 0 Å². The summed E-state index contributed by atoms with van der Waals surface area (Å²) < 4.78 is 1.59. The van der Waals surface area contributed by atoms with Crippen molar-refractivity contribution in [2.24, 2.45) is 4.99 Å². The van der Waals surface area contributed by atoms with Crippen LogP contribution in [0.4, 0.5) is 5.82 Å². The average molecular weight is 330 g/mol. The van der Waals surface area contributed by atoms with E-state index < -0.39 is 11.4 Å². The van der Waals surface area contributed by atoms with E-state index in [2.05, 4.69) is 16.9 Å². The van der Waals surface area contributed by atoms with Crippen LogP contribution in [0.15, 0.2) is 28.1 Å². The van der Waals surface area contributed by atoms with Gasteiger partial charge in [-0.3, -0.25) is 9.36 Å². The largest absolute Gasteiger partial charge is 0.477 e. The van der Waals surface area contributed by atoms with Crippen LogP contribution in [-0.4, -0.2) is 45.7 Å². The van der Waals surface area contributed by atoms with E-state index in [9.17, 15) is 14.7 Å². The highest BCUT2D eigenvalue weighted by Gasteiger charge is 2.19. The standard InChI is InChI=1S/C15H15N4O3P/c1-3-6-18(2)11-5-4-9-12(20)10(14(21)22)7-19(13(9)17-11)15-16-8-23-15/h4-5,7-8H,3,6H2,1-2H3,(H,21,22). The van der Waals surface area contributed by atoms with Crippen LogP contribution < -0.4 is 10.3 Å². The van der Waals surface area contributed by atoms with Crippen molar-refractivity contribution in [1.82, 2.24) is 9.55 Å². The summed E-state index contributed by atoms with van der Waals surface area (Å²) >= 11 is 0. The Kier molecular flexibility index (Phi) is 3.96. The Balaban J connectivity index is 2.27. The molecule has 118 valence electrons. The molecule has 0 aromatic carbocycles. The lowest BCUT2D eigenvalue weighted by Gasteiger charge is -2.19. The highest BCUT2D eigenvalue weighted by atomic mass is 31.1. The van der Waals surface area contributed by atoms with Gasteiger partial charge >= 0.3 is 5.97 Å². The summed E-state index contributed by atoms with van der Waals surface area (Å²) in [7, 11) is 2.80. The first-order valence-corrected chi connectivity index (χ1v) is 8.11. The number of nitrogens with zero attached hydrogens (tertiary/aromatic N) is 4. The molecule has 3 rings (SSSR count). The molecule has 0 amide bonds. The summed E-state index contributed by atoms with van der Waals surface area (Å²) in [6, 6.07) is 3.37. The molecule has 0 bridgehead atoms. The Hall–Kier alpha value is -2.53. The fourth-order valence-electron chi connectivity index (χ4n) is 2.39. The predicted octanol–water partition coefficient (Wildman–Crippen LogP) is 1.86. The van der Waals surface area contributed by atoms with Crippen molar-refractivity contribution in [2.75, 3.05) is 18.5 Å². The van der Waals surface area contributed by atoms with Crippen LogP contribution in [0.1, 0.15) is 23.7 Å². The first kappa shape index (κ1) is 15.4. The SMILES string of the molecule is CCCN(C)c1ccc2c(=O)c(C(=O)O)cn(C3=NC=P3)c2n1. The van der Waals surface area contributed by atoms with Gasteiger partial charge in [0.05, 0.1) is 11.3 Å². The molecule has 2 aromatic heterocycles. The van der Waals surface area contributed by atoms with E-state index in [1.54, 1.807) is 22.6 Å². The van der Waals surface area contributed by atoms with Gasteiger partial charge in [-0.05, 0) is 26.8 Å². The monoisotopic (exact) mass is 330 g/mol. The number of carbonyl (C=O) groups is 1. The molecule has 23 heavy (non-hydrogen) atoms. The van der Waals surface area contributed by atoms with Crippen LogP contribution >= 0.6 is 8.20 Å². The van der Waals surface area contributed by atoms with Gasteiger partial charge in [0.1, 0.15) is 11.4 Å². The van der Waals surface area contributed by atoms with Crippen molar-refractivity contribution in [2.45, 2.75) is 13.3 Å². The summed E-state index contributed by atoms with van der Waals surface area (Å²) in [6.07, 6.45) is 2.28. The molecule has 0 saturated carbocycles. The molecular formula is C15H15N4O3P. The Labute approximate surface area is 133 Å². The number of anilines is 1. The predicted molar refractivity (Wildman–Crippen MR) is 92.3 cm³/mol. The number of carboxylic acid groups (broad SMARTS) is 1. The number of hydrogen-bond acceptors (Lipinski definition) is 5. The van der Waals surface area contributed by atoms with Gasteiger partial charge in [-0.25, -0.2) is 14.8 Å². The van der Waals surface area contributed by atoms with Gasteiger partial charge in [-0.15, -0.1) is 0 Å². The van der Waals surface area contributed by atoms with Crippen molar-refractivity contribution in [3.8, 4) is 0 Å². The Bertz CT molecular complexity index is 917. The Morgan fingerprint density at radius 1 is 1.43 bits per heavy atom. The molecule has 8 heteroatoms. The molecule has 0 aliphatic carbocycles. The third-order valence-corrected chi connectivity index (χ3v) is 4.37. The molecule has 0 radical (unpaired) electrons. The minimum atomic E-state index is -1.25. The van der Waals surface area contributed by atoms with Crippen molar-refractivity contribution in [3.05, 3.63) is 34.1 Å². The zero-order valence-corrected chi connectivity index (χ0v) is 13.6. The summed E-state index contributed by atoms with van der Waals surface area (Å²) in [6.45, 7) is 2.91. The molecule has 0 saturated heterocycles. The topological polar surface area (TPSA) is 87.8 Å². The summed E-state index contributed by atoms with van der Waals surface area (Å²) in [5.74, 6) is 1.18. The molecular weight excluding hydrogens is 315 g/mol. The Morgan fingerprint density at radius 2 is 2.17 bits per heavy atom. The molecule has 1 aliphatic rings. The second-order valence-electron chi connectivity index (χ2n) is 5.18. The summed E-state index contributed by atoms with van der Waals surface area (Å²) in [5.41, 5.74) is 0.278. The zero-order valence-electron chi connectivity index (χ0n) is 12.7. The van der Waals surface area contributed by atoms with Gasteiger partial charge in [0.2, 0.25) is 5.43 Å². The maximum atomic E-state index is 12.4. The summed E-state index contributed by atoms with van der Waals surface area (Å²) in [5, 5.41) is 9.52. The van der Waals surface area contributed by atoms with E-state index in [4.69, 9.17) is 0 Å². The van der Waals surface area contributed by atoms with Crippen molar-refractivity contribution in [3.63, 3.8) is 0 Å². The third kappa shape index (κ3) is 2.64. The molecule has 1 aliphatic heterocycles. The Morgan fingerprint density at radius 3 is 2.74 bits per heavy atom. The maximum Gasteiger partial charge on any atom is 0.341 e. The van der Waals surface area contributed by atoms with Crippen LogP contribution in [0.5, 0.6) is 0 Å². The smallest absolute Gasteiger partial charge is 0.341 e. The number of aromatic carboxylic acids is 1. The number of aromatic nitrogens is 2. The highest BCUT2D eigenvalue weighted by Crippen LogP contribution is 2.20. The number of fused-ring (bicyclic) bond motifs is 1. The second-order valence-corrected chi connectivity index (χ2v) is 6.07. The molecule has 0 unspecified atom stereocenters. The zero-order chi connectivity index (χ0) is 16.6. The minimum Gasteiger partial charge on any atom is -0.477 e. The van der Waals surface area contributed by atoms with E-state index in [1.165, 1.54) is 6.20 Å². The van der Waals surface area contributed by atoms with E-state index in [0.29, 0.717) is 11.2 Å². The minimum absolute atomic E-state index is 0.279. The van der Waals surface area contributed by atoms with Gasteiger partial charge in [0, 0.05) is 19.8 Å². The number of hydrogen-bond donors (Lipinski definition) is 1. The quantitative estimate of drug-likeness (QED) is 0.865.